The highest BCUT2D eigenvalue weighted by atomic mass is 32.1. The summed E-state index contributed by atoms with van der Waals surface area (Å²) in [5.74, 6) is 2.37. The third kappa shape index (κ3) is 3.21. The number of carbonyl (C=O) groups is 1. The number of carbonyl (C=O) groups excluding carboxylic acids is 1. The fraction of sp³-hybridized carbons (Fsp3) is 0.600. The van der Waals surface area contributed by atoms with Gasteiger partial charge in [0.05, 0.1) is 12.2 Å². The Balaban J connectivity index is 1.72. The van der Waals surface area contributed by atoms with Gasteiger partial charge in [-0.05, 0) is 26.7 Å². The highest BCUT2D eigenvalue weighted by Crippen LogP contribution is 2.38. The summed E-state index contributed by atoms with van der Waals surface area (Å²) in [5, 5.41) is 12.5. The molecule has 1 N–H and O–H groups in total. The number of anilines is 1. The van der Waals surface area contributed by atoms with Crippen LogP contribution < -0.4 is 5.32 Å². The van der Waals surface area contributed by atoms with E-state index < -0.39 is 0 Å². The molecule has 0 aliphatic heterocycles. The molecule has 0 spiro atoms. The van der Waals surface area contributed by atoms with Gasteiger partial charge in [-0.1, -0.05) is 11.3 Å². The van der Waals surface area contributed by atoms with Crippen LogP contribution in [0.15, 0.2) is 0 Å². The summed E-state index contributed by atoms with van der Waals surface area (Å²) in [4.78, 5) is 19.4. The molecule has 1 aliphatic carbocycles. The van der Waals surface area contributed by atoms with E-state index in [4.69, 9.17) is 0 Å². The Bertz CT molecular complexity index is 718. The fourth-order valence-electron chi connectivity index (χ4n) is 2.49. The van der Waals surface area contributed by atoms with Crippen molar-refractivity contribution in [2.45, 2.75) is 39.2 Å². The van der Waals surface area contributed by atoms with Gasteiger partial charge in [0, 0.05) is 26.6 Å². The second-order valence-electron chi connectivity index (χ2n) is 5.93. The normalized spacial score (nSPS) is 14.1. The van der Waals surface area contributed by atoms with Crippen molar-refractivity contribution in [1.82, 2.24) is 24.6 Å². The van der Waals surface area contributed by atoms with Crippen molar-refractivity contribution in [3.05, 3.63) is 22.2 Å². The van der Waals surface area contributed by atoms with Gasteiger partial charge in [-0.15, -0.1) is 10.2 Å². The van der Waals surface area contributed by atoms with Crippen molar-refractivity contribution in [2.75, 3.05) is 18.9 Å². The predicted molar refractivity (Wildman–Crippen MR) is 89.8 cm³/mol. The first-order valence-electron chi connectivity index (χ1n) is 7.86. The number of aromatic nitrogens is 4. The number of aryl methyl sites for hydroxylation is 1. The first-order valence-corrected chi connectivity index (χ1v) is 8.67. The van der Waals surface area contributed by atoms with Crippen molar-refractivity contribution >= 4 is 22.4 Å². The molecule has 8 heteroatoms. The van der Waals surface area contributed by atoms with Gasteiger partial charge in [-0.3, -0.25) is 4.79 Å². The number of hydrogen-bond acceptors (Lipinski definition) is 6. The number of amides is 1. The Morgan fingerprint density at radius 1 is 1.43 bits per heavy atom. The fourth-order valence-corrected chi connectivity index (χ4v) is 3.52. The number of rotatable bonds is 6. The standard InChI is InChI=1S/C15H22N6OS/c1-5-16-15-17-9(2)12(23-15)14(22)20(3)8-11-18-19-13(21(11)4)10-6-7-10/h10H,5-8H2,1-4H3,(H,16,17). The zero-order chi connectivity index (χ0) is 16.6. The van der Waals surface area contributed by atoms with Crippen LogP contribution in [0.25, 0.3) is 0 Å². The van der Waals surface area contributed by atoms with Gasteiger partial charge in [0.15, 0.2) is 11.0 Å². The average molecular weight is 334 g/mol. The minimum absolute atomic E-state index is 0.0277. The van der Waals surface area contributed by atoms with Gasteiger partial charge >= 0.3 is 0 Å². The molecule has 0 aromatic carbocycles. The number of nitrogens with zero attached hydrogens (tertiary/aromatic N) is 5. The third-order valence-corrected chi connectivity index (χ3v) is 5.09. The Kier molecular flexibility index (Phi) is 4.34. The minimum Gasteiger partial charge on any atom is -0.362 e. The maximum Gasteiger partial charge on any atom is 0.266 e. The summed E-state index contributed by atoms with van der Waals surface area (Å²) < 4.78 is 2.02. The van der Waals surface area contributed by atoms with Crippen molar-refractivity contribution in [1.29, 1.82) is 0 Å². The molecule has 7 nitrogen and oxygen atoms in total. The molecule has 0 unspecified atom stereocenters. The molecule has 124 valence electrons. The van der Waals surface area contributed by atoms with Crippen molar-refractivity contribution in [3.63, 3.8) is 0 Å². The van der Waals surface area contributed by atoms with Crippen LogP contribution in [0.3, 0.4) is 0 Å². The van der Waals surface area contributed by atoms with E-state index in [1.807, 2.05) is 25.5 Å². The number of hydrogen-bond donors (Lipinski definition) is 1. The summed E-state index contributed by atoms with van der Waals surface area (Å²) in [6.07, 6.45) is 2.38. The summed E-state index contributed by atoms with van der Waals surface area (Å²) in [6, 6.07) is 0. The molecule has 3 rings (SSSR count). The molecule has 0 saturated heterocycles. The third-order valence-electron chi connectivity index (χ3n) is 3.99. The first-order chi connectivity index (χ1) is 11.0. The number of thiazole rings is 1. The van der Waals surface area contributed by atoms with Crippen molar-refractivity contribution < 1.29 is 4.79 Å². The molecule has 2 aromatic rings. The van der Waals surface area contributed by atoms with E-state index in [1.165, 1.54) is 24.2 Å². The summed E-state index contributed by atoms with van der Waals surface area (Å²) in [5.41, 5.74) is 0.763. The van der Waals surface area contributed by atoms with Crippen LogP contribution in [0.4, 0.5) is 5.13 Å². The lowest BCUT2D eigenvalue weighted by atomic mass is 10.3. The molecule has 1 fully saturated rings. The summed E-state index contributed by atoms with van der Waals surface area (Å²) in [6.45, 7) is 5.12. The van der Waals surface area contributed by atoms with Gasteiger partial charge in [0.25, 0.3) is 5.91 Å². The Morgan fingerprint density at radius 2 is 2.17 bits per heavy atom. The largest absolute Gasteiger partial charge is 0.362 e. The van der Waals surface area contributed by atoms with E-state index in [0.717, 1.165) is 29.0 Å². The monoisotopic (exact) mass is 334 g/mol. The van der Waals surface area contributed by atoms with E-state index in [2.05, 4.69) is 20.5 Å². The lowest BCUT2D eigenvalue weighted by Gasteiger charge is -2.16. The molecular formula is C15H22N6OS. The Morgan fingerprint density at radius 3 is 2.83 bits per heavy atom. The van der Waals surface area contributed by atoms with E-state index in [9.17, 15) is 4.79 Å². The van der Waals surface area contributed by atoms with Crippen molar-refractivity contribution in [3.8, 4) is 0 Å². The van der Waals surface area contributed by atoms with E-state index >= 15 is 0 Å². The van der Waals surface area contributed by atoms with Crippen LogP contribution in [0.2, 0.25) is 0 Å². The molecular weight excluding hydrogens is 312 g/mol. The maximum atomic E-state index is 12.7. The zero-order valence-corrected chi connectivity index (χ0v) is 14.8. The molecule has 0 radical (unpaired) electrons. The van der Waals surface area contributed by atoms with Crippen LogP contribution in [0.5, 0.6) is 0 Å². The lowest BCUT2D eigenvalue weighted by molar-refractivity contribution is 0.0784. The highest BCUT2D eigenvalue weighted by molar-refractivity contribution is 7.17. The topological polar surface area (TPSA) is 75.9 Å². The van der Waals surface area contributed by atoms with Crippen LogP contribution in [0.1, 0.15) is 52.7 Å². The maximum absolute atomic E-state index is 12.7. The van der Waals surface area contributed by atoms with E-state index in [0.29, 0.717) is 17.3 Å². The summed E-state index contributed by atoms with van der Waals surface area (Å²) >= 11 is 1.40. The van der Waals surface area contributed by atoms with E-state index in [-0.39, 0.29) is 5.91 Å². The molecule has 2 heterocycles. The molecule has 1 saturated carbocycles. The smallest absolute Gasteiger partial charge is 0.266 e. The highest BCUT2D eigenvalue weighted by Gasteiger charge is 2.29. The van der Waals surface area contributed by atoms with Gasteiger partial charge in [-0.2, -0.15) is 0 Å². The average Bonchev–Trinajstić information content (AvgIpc) is 3.20. The minimum atomic E-state index is -0.0277. The number of nitrogens with one attached hydrogen (secondary N) is 1. The summed E-state index contributed by atoms with van der Waals surface area (Å²) in [7, 11) is 3.77. The second-order valence-corrected chi connectivity index (χ2v) is 6.93. The van der Waals surface area contributed by atoms with E-state index in [1.54, 1.807) is 11.9 Å². The Hall–Kier alpha value is -1.96. The molecule has 0 atom stereocenters. The van der Waals surface area contributed by atoms with Crippen LogP contribution in [-0.4, -0.2) is 44.1 Å². The van der Waals surface area contributed by atoms with Gasteiger partial charge in [-0.25, -0.2) is 4.98 Å². The molecule has 1 aliphatic rings. The SMILES string of the molecule is CCNc1nc(C)c(C(=O)N(C)Cc2nnc(C3CC3)n2C)s1. The molecule has 23 heavy (non-hydrogen) atoms. The lowest BCUT2D eigenvalue weighted by Crippen LogP contribution is -2.27. The van der Waals surface area contributed by atoms with Crippen LogP contribution >= 0.6 is 11.3 Å². The predicted octanol–water partition coefficient (Wildman–Crippen LogP) is 2.16. The van der Waals surface area contributed by atoms with Crippen LogP contribution in [-0.2, 0) is 13.6 Å². The van der Waals surface area contributed by atoms with Crippen molar-refractivity contribution in [2.24, 2.45) is 7.05 Å². The second kappa shape index (κ2) is 6.27. The molecule has 1 amide bonds. The van der Waals surface area contributed by atoms with Gasteiger partial charge in [0.1, 0.15) is 10.7 Å². The van der Waals surface area contributed by atoms with Crippen LogP contribution in [0, 0.1) is 6.92 Å². The van der Waals surface area contributed by atoms with Gasteiger partial charge < -0.3 is 14.8 Å². The first kappa shape index (κ1) is 15.9. The van der Waals surface area contributed by atoms with Gasteiger partial charge in [0.2, 0.25) is 0 Å². The quantitative estimate of drug-likeness (QED) is 0.876. The molecule has 2 aromatic heterocycles. The Labute approximate surface area is 139 Å². The zero-order valence-electron chi connectivity index (χ0n) is 14.0. The molecule has 0 bridgehead atoms.